The van der Waals surface area contributed by atoms with Crippen molar-refractivity contribution in [1.29, 1.82) is 0 Å². The minimum absolute atomic E-state index is 0.0583. The van der Waals surface area contributed by atoms with Crippen molar-refractivity contribution in [2.45, 2.75) is 58.6 Å². The highest BCUT2D eigenvalue weighted by Gasteiger charge is 2.36. The van der Waals surface area contributed by atoms with E-state index in [9.17, 15) is 14.7 Å². The number of nitrogens with one attached hydrogen (secondary N) is 1. The Hall–Kier alpha value is -1.14. The molecule has 0 radical (unpaired) electrons. The minimum Gasteiger partial charge on any atom is -0.479 e. The van der Waals surface area contributed by atoms with Crippen molar-refractivity contribution in [1.82, 2.24) is 5.32 Å². The third-order valence-electron chi connectivity index (χ3n) is 4.71. The lowest BCUT2D eigenvalue weighted by atomic mass is 9.75. The smallest absolute Gasteiger partial charge is 0.331 e. The van der Waals surface area contributed by atoms with Crippen LogP contribution in [0.5, 0.6) is 0 Å². The molecule has 6 heteroatoms. The molecule has 0 spiro atoms. The summed E-state index contributed by atoms with van der Waals surface area (Å²) in [7, 11) is 1.40. The van der Waals surface area contributed by atoms with E-state index in [0.29, 0.717) is 17.8 Å². The Morgan fingerprint density at radius 1 is 1.35 bits per heavy atom. The molecule has 1 saturated carbocycles. The number of carboxylic acid groups (broad SMARTS) is 1. The molecule has 4 unspecified atom stereocenters. The Kier molecular flexibility index (Phi) is 7.48. The molecule has 4 atom stereocenters. The van der Waals surface area contributed by atoms with Crippen LogP contribution in [0, 0.1) is 17.8 Å². The van der Waals surface area contributed by atoms with Gasteiger partial charge < -0.3 is 19.9 Å². The zero-order chi connectivity index (χ0) is 17.6. The summed E-state index contributed by atoms with van der Waals surface area (Å²) in [5.41, 5.74) is -1.44. The first-order chi connectivity index (χ1) is 10.7. The molecule has 0 aromatic heterocycles. The maximum absolute atomic E-state index is 12.1. The fourth-order valence-corrected chi connectivity index (χ4v) is 3.27. The van der Waals surface area contributed by atoms with E-state index in [-0.39, 0.29) is 19.3 Å². The second kappa shape index (κ2) is 8.64. The maximum atomic E-state index is 12.1. The van der Waals surface area contributed by atoms with Crippen molar-refractivity contribution >= 4 is 11.9 Å². The van der Waals surface area contributed by atoms with Gasteiger partial charge in [-0.1, -0.05) is 27.2 Å². The highest BCUT2D eigenvalue weighted by Crippen LogP contribution is 2.35. The molecule has 0 aromatic carbocycles. The summed E-state index contributed by atoms with van der Waals surface area (Å²) in [6.07, 6.45) is 3.31. The lowest BCUT2D eigenvalue weighted by Gasteiger charge is -2.37. The maximum Gasteiger partial charge on any atom is 0.331 e. The molecule has 6 nitrogen and oxygen atoms in total. The van der Waals surface area contributed by atoms with Crippen molar-refractivity contribution in [3.8, 4) is 0 Å². The molecule has 0 bridgehead atoms. The van der Waals surface area contributed by atoms with Gasteiger partial charge in [-0.15, -0.1) is 0 Å². The first-order valence-corrected chi connectivity index (χ1v) is 8.34. The van der Waals surface area contributed by atoms with Crippen LogP contribution in [-0.4, -0.2) is 48.9 Å². The molecule has 1 aliphatic rings. The van der Waals surface area contributed by atoms with Gasteiger partial charge in [-0.2, -0.15) is 0 Å². The number of aliphatic carboxylic acids is 1. The molecule has 0 saturated heterocycles. The molecular formula is C17H31NO5. The number of rotatable bonds is 8. The fourth-order valence-electron chi connectivity index (χ4n) is 3.27. The van der Waals surface area contributed by atoms with Gasteiger partial charge in [0, 0.05) is 7.11 Å². The highest BCUT2D eigenvalue weighted by atomic mass is 16.5. The van der Waals surface area contributed by atoms with E-state index < -0.39 is 17.4 Å². The van der Waals surface area contributed by atoms with Gasteiger partial charge in [-0.3, -0.25) is 4.79 Å². The number of carbonyl (C=O) groups is 2. The molecule has 1 rings (SSSR count). The fraction of sp³-hybridized carbons (Fsp3) is 0.882. The van der Waals surface area contributed by atoms with E-state index >= 15 is 0 Å². The number of carboxylic acids is 1. The van der Waals surface area contributed by atoms with Crippen molar-refractivity contribution in [3.05, 3.63) is 0 Å². The molecule has 134 valence electrons. The highest BCUT2D eigenvalue weighted by molar-refractivity contribution is 5.87. The van der Waals surface area contributed by atoms with Gasteiger partial charge >= 0.3 is 5.97 Å². The Labute approximate surface area is 138 Å². The average molecular weight is 329 g/mol. The third kappa shape index (κ3) is 5.77. The van der Waals surface area contributed by atoms with Crippen LogP contribution in [-0.2, 0) is 19.1 Å². The van der Waals surface area contributed by atoms with Gasteiger partial charge in [-0.05, 0) is 37.5 Å². The zero-order valence-electron chi connectivity index (χ0n) is 14.9. The van der Waals surface area contributed by atoms with E-state index in [4.69, 9.17) is 9.47 Å². The average Bonchev–Trinajstić information content (AvgIpc) is 2.44. The molecule has 23 heavy (non-hydrogen) atoms. The summed E-state index contributed by atoms with van der Waals surface area (Å²) in [5, 5.41) is 11.7. The Morgan fingerprint density at radius 3 is 2.52 bits per heavy atom. The first-order valence-electron chi connectivity index (χ1n) is 8.34. The molecule has 0 aliphatic heterocycles. The molecule has 1 aliphatic carbocycles. The molecular weight excluding hydrogens is 298 g/mol. The summed E-state index contributed by atoms with van der Waals surface area (Å²) >= 11 is 0. The lowest BCUT2D eigenvalue weighted by Crippen LogP contribution is -2.56. The number of hydrogen-bond donors (Lipinski definition) is 2. The normalized spacial score (nSPS) is 27.5. The van der Waals surface area contributed by atoms with Crippen LogP contribution in [0.1, 0.15) is 47.0 Å². The van der Waals surface area contributed by atoms with Crippen molar-refractivity contribution in [2.75, 3.05) is 20.3 Å². The summed E-state index contributed by atoms with van der Waals surface area (Å²) in [6, 6.07) is 0. The van der Waals surface area contributed by atoms with Gasteiger partial charge in [0.15, 0.2) is 5.54 Å². The van der Waals surface area contributed by atoms with E-state index in [1.165, 1.54) is 20.5 Å². The van der Waals surface area contributed by atoms with Gasteiger partial charge in [-0.25, -0.2) is 4.79 Å². The molecule has 1 fully saturated rings. The van der Waals surface area contributed by atoms with Crippen molar-refractivity contribution in [3.63, 3.8) is 0 Å². The van der Waals surface area contributed by atoms with Gasteiger partial charge in [0.05, 0.1) is 12.7 Å². The largest absolute Gasteiger partial charge is 0.479 e. The van der Waals surface area contributed by atoms with E-state index in [1.54, 1.807) is 0 Å². The van der Waals surface area contributed by atoms with Crippen LogP contribution < -0.4 is 5.32 Å². The molecule has 0 heterocycles. The van der Waals surface area contributed by atoms with Gasteiger partial charge in [0.2, 0.25) is 5.91 Å². The zero-order valence-corrected chi connectivity index (χ0v) is 14.9. The predicted molar refractivity (Wildman–Crippen MR) is 87.1 cm³/mol. The van der Waals surface area contributed by atoms with Crippen LogP contribution in [0.4, 0.5) is 0 Å². The Balaban J connectivity index is 2.58. The van der Waals surface area contributed by atoms with Gasteiger partial charge in [0.1, 0.15) is 6.61 Å². The van der Waals surface area contributed by atoms with Crippen molar-refractivity contribution in [2.24, 2.45) is 17.8 Å². The summed E-state index contributed by atoms with van der Waals surface area (Å²) in [4.78, 5) is 23.4. The number of hydrogen-bond acceptors (Lipinski definition) is 4. The van der Waals surface area contributed by atoms with Crippen molar-refractivity contribution < 1.29 is 24.2 Å². The van der Waals surface area contributed by atoms with Gasteiger partial charge in [0.25, 0.3) is 0 Å². The third-order valence-corrected chi connectivity index (χ3v) is 4.71. The first kappa shape index (κ1) is 19.9. The summed E-state index contributed by atoms with van der Waals surface area (Å²) in [5.74, 6) is -0.000244. The minimum atomic E-state index is -1.44. The van der Waals surface area contributed by atoms with E-state index in [2.05, 4.69) is 26.1 Å². The Morgan fingerprint density at radius 2 is 2.00 bits per heavy atom. The van der Waals surface area contributed by atoms with Crippen LogP contribution in [0.25, 0.3) is 0 Å². The standard InChI is InChI=1S/C17H31NO5/c1-11(2)13-7-6-12(3)8-14(13)23-9-15(19)18-17(4,10-22-5)16(20)21/h11-14H,6-10H2,1-5H3,(H,18,19)(H,20,21). The van der Waals surface area contributed by atoms with Crippen LogP contribution >= 0.6 is 0 Å². The summed E-state index contributed by atoms with van der Waals surface area (Å²) in [6.45, 7) is 7.77. The molecule has 1 amide bonds. The predicted octanol–water partition coefficient (Wildman–Crippen LogP) is 2.07. The second-order valence-corrected chi connectivity index (χ2v) is 7.29. The number of amides is 1. The SMILES string of the molecule is COCC(C)(NC(=O)COC1CC(C)CCC1C(C)C)C(=O)O. The second-order valence-electron chi connectivity index (χ2n) is 7.29. The molecule has 0 aromatic rings. The van der Waals surface area contributed by atoms with Crippen LogP contribution in [0.15, 0.2) is 0 Å². The number of carbonyl (C=O) groups excluding carboxylic acids is 1. The topological polar surface area (TPSA) is 84.9 Å². The summed E-state index contributed by atoms with van der Waals surface area (Å²) < 4.78 is 10.7. The monoisotopic (exact) mass is 329 g/mol. The van der Waals surface area contributed by atoms with Crippen LogP contribution in [0.2, 0.25) is 0 Å². The molecule has 2 N–H and O–H groups in total. The number of ether oxygens (including phenoxy) is 2. The number of methoxy groups -OCH3 is 1. The van der Waals surface area contributed by atoms with E-state index in [1.807, 2.05) is 0 Å². The Bertz CT molecular complexity index is 412. The lowest BCUT2D eigenvalue weighted by molar-refractivity contribution is -0.151. The van der Waals surface area contributed by atoms with E-state index in [0.717, 1.165) is 12.8 Å². The quantitative estimate of drug-likeness (QED) is 0.712. The van der Waals surface area contributed by atoms with Crippen LogP contribution in [0.3, 0.4) is 0 Å².